The van der Waals surface area contributed by atoms with Crippen molar-refractivity contribution in [2.24, 2.45) is 0 Å². The van der Waals surface area contributed by atoms with E-state index in [-0.39, 0.29) is 5.95 Å². The number of nitrogen functional groups attached to an aromatic ring is 1. The lowest BCUT2D eigenvalue weighted by Crippen LogP contribution is -2.06. The maximum absolute atomic E-state index is 5.85. The van der Waals surface area contributed by atoms with E-state index in [0.29, 0.717) is 23.5 Å². The molecule has 0 radical (unpaired) electrons. The van der Waals surface area contributed by atoms with Gasteiger partial charge in [-0.05, 0) is 11.6 Å². The standard InChI is InChI=1S/C15H13N7/c16-15-19-13-12(14(20-15)22-8-4-7-18-22)17-10-21(13)9-11-5-2-1-3-6-11/h1-8,10H,9H2,(H2,16,19,20). The number of aromatic nitrogens is 6. The van der Waals surface area contributed by atoms with Crippen molar-refractivity contribution in [1.29, 1.82) is 0 Å². The molecule has 7 heteroatoms. The molecule has 0 spiro atoms. The lowest BCUT2D eigenvalue weighted by Gasteiger charge is -2.06. The number of anilines is 1. The second kappa shape index (κ2) is 4.96. The van der Waals surface area contributed by atoms with Crippen LogP contribution in [-0.4, -0.2) is 29.3 Å². The van der Waals surface area contributed by atoms with Gasteiger partial charge in [0.2, 0.25) is 5.95 Å². The minimum Gasteiger partial charge on any atom is -0.368 e. The van der Waals surface area contributed by atoms with Gasteiger partial charge in [0.1, 0.15) is 0 Å². The molecular weight excluding hydrogens is 278 g/mol. The topological polar surface area (TPSA) is 87.4 Å². The molecule has 0 saturated carbocycles. The number of fused-ring (bicyclic) bond motifs is 1. The Balaban J connectivity index is 1.85. The van der Waals surface area contributed by atoms with Crippen molar-refractivity contribution in [2.75, 3.05) is 5.73 Å². The van der Waals surface area contributed by atoms with E-state index < -0.39 is 0 Å². The molecule has 22 heavy (non-hydrogen) atoms. The van der Waals surface area contributed by atoms with Crippen molar-refractivity contribution < 1.29 is 0 Å². The molecule has 108 valence electrons. The van der Waals surface area contributed by atoms with Crippen LogP contribution >= 0.6 is 0 Å². The van der Waals surface area contributed by atoms with Gasteiger partial charge in [0.25, 0.3) is 0 Å². The van der Waals surface area contributed by atoms with Gasteiger partial charge in [0.05, 0.1) is 12.9 Å². The van der Waals surface area contributed by atoms with Crippen molar-refractivity contribution in [3.8, 4) is 5.82 Å². The molecule has 3 heterocycles. The van der Waals surface area contributed by atoms with Crippen molar-refractivity contribution in [3.05, 3.63) is 60.7 Å². The maximum Gasteiger partial charge on any atom is 0.224 e. The number of nitrogens with zero attached hydrogens (tertiary/aromatic N) is 6. The molecule has 7 nitrogen and oxygen atoms in total. The predicted molar refractivity (Wildman–Crippen MR) is 82.4 cm³/mol. The highest BCUT2D eigenvalue weighted by Crippen LogP contribution is 2.19. The third-order valence-corrected chi connectivity index (χ3v) is 3.38. The molecular formula is C15H13N7. The Hall–Kier alpha value is -3.22. The van der Waals surface area contributed by atoms with E-state index in [1.54, 1.807) is 23.4 Å². The first kappa shape index (κ1) is 12.5. The number of hydrogen-bond acceptors (Lipinski definition) is 5. The van der Waals surface area contributed by atoms with E-state index in [0.717, 1.165) is 0 Å². The minimum atomic E-state index is 0.202. The molecule has 1 aromatic carbocycles. The summed E-state index contributed by atoms with van der Waals surface area (Å²) in [5.41, 5.74) is 8.39. The zero-order chi connectivity index (χ0) is 14.9. The molecule has 0 unspecified atom stereocenters. The van der Waals surface area contributed by atoms with Gasteiger partial charge in [0.15, 0.2) is 17.0 Å². The third-order valence-electron chi connectivity index (χ3n) is 3.38. The summed E-state index contributed by atoms with van der Waals surface area (Å²) in [6.07, 6.45) is 5.24. The molecule has 0 aliphatic carbocycles. The molecule has 0 aliphatic heterocycles. The summed E-state index contributed by atoms with van der Waals surface area (Å²) < 4.78 is 3.59. The smallest absolute Gasteiger partial charge is 0.224 e. The van der Waals surface area contributed by atoms with Crippen LogP contribution in [0, 0.1) is 0 Å². The van der Waals surface area contributed by atoms with Crippen LogP contribution in [0.2, 0.25) is 0 Å². The van der Waals surface area contributed by atoms with Gasteiger partial charge < -0.3 is 10.3 Å². The molecule has 0 aliphatic rings. The lowest BCUT2D eigenvalue weighted by molar-refractivity contribution is 0.812. The first-order valence-corrected chi connectivity index (χ1v) is 6.83. The fourth-order valence-electron chi connectivity index (χ4n) is 2.40. The summed E-state index contributed by atoms with van der Waals surface area (Å²) in [6, 6.07) is 12.0. The average molecular weight is 291 g/mol. The van der Waals surface area contributed by atoms with Crippen molar-refractivity contribution in [1.82, 2.24) is 29.3 Å². The Kier molecular flexibility index (Phi) is 2.82. The highest BCUT2D eigenvalue weighted by molar-refractivity contribution is 5.79. The van der Waals surface area contributed by atoms with Gasteiger partial charge in [-0.15, -0.1) is 0 Å². The Morgan fingerprint density at radius 1 is 1.05 bits per heavy atom. The van der Waals surface area contributed by atoms with Crippen molar-refractivity contribution >= 4 is 17.1 Å². The summed E-state index contributed by atoms with van der Waals surface area (Å²) in [5.74, 6) is 0.784. The highest BCUT2D eigenvalue weighted by Gasteiger charge is 2.14. The van der Waals surface area contributed by atoms with Crippen LogP contribution in [-0.2, 0) is 6.54 Å². The molecule has 3 aromatic heterocycles. The monoisotopic (exact) mass is 291 g/mol. The normalized spacial score (nSPS) is 11.1. The Morgan fingerprint density at radius 2 is 1.91 bits per heavy atom. The summed E-state index contributed by atoms with van der Waals surface area (Å²) >= 11 is 0. The van der Waals surface area contributed by atoms with E-state index in [9.17, 15) is 0 Å². The Labute approximate surface area is 126 Å². The van der Waals surface area contributed by atoms with Crippen LogP contribution in [0.15, 0.2) is 55.1 Å². The van der Waals surface area contributed by atoms with Gasteiger partial charge in [-0.3, -0.25) is 0 Å². The van der Waals surface area contributed by atoms with Crippen molar-refractivity contribution in [3.63, 3.8) is 0 Å². The average Bonchev–Trinajstić information content (AvgIpc) is 3.18. The van der Waals surface area contributed by atoms with Crippen LogP contribution < -0.4 is 5.73 Å². The van der Waals surface area contributed by atoms with Gasteiger partial charge in [-0.2, -0.15) is 15.1 Å². The van der Waals surface area contributed by atoms with E-state index in [4.69, 9.17) is 5.73 Å². The first-order valence-electron chi connectivity index (χ1n) is 6.83. The Bertz CT molecular complexity index is 910. The van der Waals surface area contributed by atoms with Crippen LogP contribution in [0.3, 0.4) is 0 Å². The minimum absolute atomic E-state index is 0.202. The lowest BCUT2D eigenvalue weighted by atomic mass is 10.2. The number of hydrogen-bond donors (Lipinski definition) is 1. The summed E-state index contributed by atoms with van der Waals surface area (Å²) in [6.45, 7) is 0.673. The summed E-state index contributed by atoms with van der Waals surface area (Å²) in [5, 5.41) is 4.19. The fraction of sp³-hybridized carbons (Fsp3) is 0.0667. The number of imidazole rings is 1. The summed E-state index contributed by atoms with van der Waals surface area (Å²) in [4.78, 5) is 13.0. The molecule has 4 rings (SSSR count). The van der Waals surface area contributed by atoms with E-state index in [1.165, 1.54) is 5.56 Å². The second-order valence-electron chi connectivity index (χ2n) is 4.89. The molecule has 4 aromatic rings. The van der Waals surface area contributed by atoms with Gasteiger partial charge in [-0.25, -0.2) is 9.67 Å². The highest BCUT2D eigenvalue weighted by atomic mass is 15.3. The van der Waals surface area contributed by atoms with E-state index in [1.807, 2.05) is 28.8 Å². The largest absolute Gasteiger partial charge is 0.368 e. The number of rotatable bonds is 3. The quantitative estimate of drug-likeness (QED) is 0.620. The van der Waals surface area contributed by atoms with Gasteiger partial charge >= 0.3 is 0 Å². The molecule has 0 bridgehead atoms. The first-order chi connectivity index (χ1) is 10.8. The fourth-order valence-corrected chi connectivity index (χ4v) is 2.40. The SMILES string of the molecule is Nc1nc(-n2cccn2)c2ncn(Cc3ccccc3)c2n1. The van der Waals surface area contributed by atoms with E-state index >= 15 is 0 Å². The second-order valence-corrected chi connectivity index (χ2v) is 4.89. The van der Waals surface area contributed by atoms with Crippen LogP contribution in [0.4, 0.5) is 5.95 Å². The molecule has 0 fully saturated rings. The van der Waals surface area contributed by atoms with Gasteiger partial charge in [0, 0.05) is 12.4 Å². The Morgan fingerprint density at radius 3 is 2.68 bits per heavy atom. The number of nitrogens with two attached hydrogens (primary N) is 1. The van der Waals surface area contributed by atoms with Gasteiger partial charge in [-0.1, -0.05) is 30.3 Å². The van der Waals surface area contributed by atoms with Crippen LogP contribution in [0.5, 0.6) is 0 Å². The maximum atomic E-state index is 5.85. The molecule has 0 saturated heterocycles. The zero-order valence-electron chi connectivity index (χ0n) is 11.7. The third kappa shape index (κ3) is 2.08. The molecule has 0 atom stereocenters. The molecule has 2 N–H and O–H groups in total. The van der Waals surface area contributed by atoms with Crippen LogP contribution in [0.1, 0.15) is 5.56 Å². The zero-order valence-corrected chi connectivity index (χ0v) is 11.7. The van der Waals surface area contributed by atoms with E-state index in [2.05, 4.69) is 32.2 Å². The molecule has 0 amide bonds. The number of benzene rings is 1. The van der Waals surface area contributed by atoms with Crippen LogP contribution in [0.25, 0.3) is 17.0 Å². The van der Waals surface area contributed by atoms with Crippen molar-refractivity contribution in [2.45, 2.75) is 6.54 Å². The predicted octanol–water partition coefficient (Wildman–Crippen LogP) is 1.64. The summed E-state index contributed by atoms with van der Waals surface area (Å²) in [7, 11) is 0.